The highest BCUT2D eigenvalue weighted by molar-refractivity contribution is 7.14. The zero-order chi connectivity index (χ0) is 15.9. The maximum atomic E-state index is 11.6. The number of carbonyl (C=O) groups is 2. The number of benzene rings is 1. The number of rotatable bonds is 7. The molecule has 1 heterocycles. The van der Waals surface area contributed by atoms with Crippen LogP contribution >= 0.6 is 11.3 Å². The highest BCUT2D eigenvalue weighted by atomic mass is 32.1. The molecule has 0 aliphatic heterocycles. The summed E-state index contributed by atoms with van der Waals surface area (Å²) in [4.78, 5) is 26.4. The van der Waals surface area contributed by atoms with Gasteiger partial charge in [-0.15, -0.1) is 11.3 Å². The second-order valence-electron chi connectivity index (χ2n) is 4.93. The van der Waals surface area contributed by atoms with Gasteiger partial charge in [0.15, 0.2) is 5.13 Å². The van der Waals surface area contributed by atoms with Gasteiger partial charge in [0.05, 0.1) is 12.1 Å². The summed E-state index contributed by atoms with van der Waals surface area (Å²) in [5.74, 6) is -1.32. The Morgan fingerprint density at radius 1 is 1.23 bits per heavy atom. The average molecular weight is 318 g/mol. The van der Waals surface area contributed by atoms with Crippen LogP contribution in [0, 0.1) is 0 Å². The van der Waals surface area contributed by atoms with E-state index in [1.807, 2.05) is 17.5 Å². The molecule has 1 aromatic carbocycles. The van der Waals surface area contributed by atoms with E-state index >= 15 is 0 Å². The van der Waals surface area contributed by atoms with Crippen molar-refractivity contribution >= 4 is 28.3 Å². The highest BCUT2D eigenvalue weighted by Crippen LogP contribution is 2.25. The third-order valence-corrected chi connectivity index (χ3v) is 3.86. The van der Waals surface area contributed by atoms with Crippen molar-refractivity contribution in [1.29, 1.82) is 0 Å². The van der Waals surface area contributed by atoms with E-state index in [9.17, 15) is 9.59 Å². The fraction of sp³-hybridized carbons (Fsp3) is 0.312. The number of aryl methyl sites for hydroxylation is 1. The molecule has 0 atom stereocenters. The van der Waals surface area contributed by atoms with Gasteiger partial charge in [-0.1, -0.05) is 37.6 Å². The number of carboxylic acid groups (broad SMARTS) is 1. The second-order valence-corrected chi connectivity index (χ2v) is 5.78. The Hall–Kier alpha value is -2.21. The minimum absolute atomic E-state index is 0.0457. The normalized spacial score (nSPS) is 10.4. The van der Waals surface area contributed by atoms with Crippen LogP contribution in [0.5, 0.6) is 0 Å². The summed E-state index contributed by atoms with van der Waals surface area (Å²) in [7, 11) is 0. The summed E-state index contributed by atoms with van der Waals surface area (Å²) in [6.45, 7) is 2.15. The summed E-state index contributed by atoms with van der Waals surface area (Å²) in [5, 5.41) is 13.5. The molecular weight excluding hydrogens is 300 g/mol. The zero-order valence-electron chi connectivity index (χ0n) is 12.3. The van der Waals surface area contributed by atoms with Gasteiger partial charge in [0.1, 0.15) is 0 Å². The number of aromatic nitrogens is 1. The Morgan fingerprint density at radius 2 is 1.95 bits per heavy atom. The van der Waals surface area contributed by atoms with Crippen LogP contribution < -0.4 is 5.32 Å². The van der Waals surface area contributed by atoms with E-state index in [-0.39, 0.29) is 18.7 Å². The van der Waals surface area contributed by atoms with Crippen molar-refractivity contribution in [1.82, 2.24) is 4.98 Å². The van der Waals surface area contributed by atoms with Crippen molar-refractivity contribution in [3.8, 4) is 11.3 Å². The zero-order valence-corrected chi connectivity index (χ0v) is 13.2. The quantitative estimate of drug-likeness (QED) is 0.818. The SMILES string of the molecule is CCCc1ccc(-c2csc(NC(=O)CCC(=O)O)n2)cc1. The van der Waals surface area contributed by atoms with Gasteiger partial charge in [-0.3, -0.25) is 9.59 Å². The van der Waals surface area contributed by atoms with Crippen molar-refractivity contribution in [3.05, 3.63) is 35.2 Å². The number of nitrogens with zero attached hydrogens (tertiary/aromatic N) is 1. The molecule has 0 spiro atoms. The number of carboxylic acids is 1. The highest BCUT2D eigenvalue weighted by Gasteiger charge is 2.09. The third-order valence-electron chi connectivity index (χ3n) is 3.10. The third kappa shape index (κ3) is 4.66. The first-order chi connectivity index (χ1) is 10.6. The maximum Gasteiger partial charge on any atom is 0.303 e. The van der Waals surface area contributed by atoms with Gasteiger partial charge in [0.2, 0.25) is 5.91 Å². The van der Waals surface area contributed by atoms with E-state index in [2.05, 4.69) is 29.4 Å². The van der Waals surface area contributed by atoms with E-state index in [0.717, 1.165) is 24.1 Å². The lowest BCUT2D eigenvalue weighted by Crippen LogP contribution is -2.12. The number of anilines is 1. The molecule has 0 saturated carbocycles. The van der Waals surface area contributed by atoms with Gasteiger partial charge < -0.3 is 10.4 Å². The average Bonchev–Trinajstić information content (AvgIpc) is 2.95. The molecule has 0 bridgehead atoms. The maximum absolute atomic E-state index is 11.6. The van der Waals surface area contributed by atoms with Crippen molar-refractivity contribution < 1.29 is 14.7 Å². The van der Waals surface area contributed by atoms with Gasteiger partial charge in [0, 0.05) is 17.4 Å². The van der Waals surface area contributed by atoms with E-state index < -0.39 is 5.97 Å². The van der Waals surface area contributed by atoms with Crippen LogP contribution in [0.15, 0.2) is 29.6 Å². The van der Waals surface area contributed by atoms with Gasteiger partial charge in [-0.25, -0.2) is 4.98 Å². The number of thiazole rings is 1. The molecule has 0 saturated heterocycles. The largest absolute Gasteiger partial charge is 0.481 e. The lowest BCUT2D eigenvalue weighted by molar-refractivity contribution is -0.138. The summed E-state index contributed by atoms with van der Waals surface area (Å²) < 4.78 is 0. The molecule has 2 N–H and O–H groups in total. The Bertz CT molecular complexity index is 650. The van der Waals surface area contributed by atoms with Crippen LogP contribution in [0.2, 0.25) is 0 Å². The predicted octanol–water partition coefficient (Wildman–Crippen LogP) is 3.57. The van der Waals surface area contributed by atoms with Crippen LogP contribution in [-0.4, -0.2) is 22.0 Å². The minimum Gasteiger partial charge on any atom is -0.481 e. The molecule has 6 heteroatoms. The fourth-order valence-electron chi connectivity index (χ4n) is 2.00. The van der Waals surface area contributed by atoms with Crippen molar-refractivity contribution in [2.75, 3.05) is 5.32 Å². The summed E-state index contributed by atoms with van der Waals surface area (Å²) in [6.07, 6.45) is 1.95. The van der Waals surface area contributed by atoms with Gasteiger partial charge in [0.25, 0.3) is 0 Å². The molecule has 1 amide bonds. The molecular formula is C16H18N2O3S. The van der Waals surface area contributed by atoms with Crippen LogP contribution in [0.25, 0.3) is 11.3 Å². The first-order valence-corrected chi connectivity index (χ1v) is 8.03. The molecule has 0 aliphatic rings. The van der Waals surface area contributed by atoms with Crippen molar-refractivity contribution in [3.63, 3.8) is 0 Å². The Labute approximate surface area is 133 Å². The molecule has 2 rings (SSSR count). The van der Waals surface area contributed by atoms with E-state index in [4.69, 9.17) is 5.11 Å². The standard InChI is InChI=1S/C16H18N2O3S/c1-2-3-11-4-6-12(7-5-11)13-10-22-16(17-13)18-14(19)8-9-15(20)21/h4-7,10H,2-3,8-9H2,1H3,(H,20,21)(H,17,18,19). The molecule has 116 valence electrons. The minimum atomic E-state index is -0.984. The number of hydrogen-bond donors (Lipinski definition) is 2. The van der Waals surface area contributed by atoms with Gasteiger partial charge >= 0.3 is 5.97 Å². The lowest BCUT2D eigenvalue weighted by atomic mass is 10.1. The van der Waals surface area contributed by atoms with E-state index in [1.54, 1.807) is 0 Å². The number of aliphatic carboxylic acids is 1. The lowest BCUT2D eigenvalue weighted by Gasteiger charge is -2.01. The first kappa shape index (κ1) is 16.2. The summed E-state index contributed by atoms with van der Waals surface area (Å²) in [5.41, 5.74) is 3.10. The van der Waals surface area contributed by atoms with Crippen LogP contribution in [0.1, 0.15) is 31.7 Å². The topological polar surface area (TPSA) is 79.3 Å². The monoisotopic (exact) mass is 318 g/mol. The van der Waals surface area contributed by atoms with Crippen LogP contribution in [-0.2, 0) is 16.0 Å². The second kappa shape index (κ2) is 7.70. The number of hydrogen-bond acceptors (Lipinski definition) is 4. The Kier molecular flexibility index (Phi) is 5.66. The van der Waals surface area contributed by atoms with E-state index in [1.165, 1.54) is 16.9 Å². The summed E-state index contributed by atoms with van der Waals surface area (Å²) in [6, 6.07) is 8.22. The first-order valence-electron chi connectivity index (χ1n) is 7.15. The smallest absolute Gasteiger partial charge is 0.303 e. The van der Waals surface area contributed by atoms with Crippen LogP contribution in [0.3, 0.4) is 0 Å². The molecule has 0 unspecified atom stereocenters. The Morgan fingerprint density at radius 3 is 2.59 bits per heavy atom. The molecule has 0 radical (unpaired) electrons. The predicted molar refractivity (Wildman–Crippen MR) is 87.0 cm³/mol. The number of amides is 1. The van der Waals surface area contributed by atoms with E-state index in [0.29, 0.717) is 5.13 Å². The van der Waals surface area contributed by atoms with Crippen LogP contribution in [0.4, 0.5) is 5.13 Å². The molecule has 22 heavy (non-hydrogen) atoms. The fourth-order valence-corrected chi connectivity index (χ4v) is 2.73. The molecule has 0 fully saturated rings. The van der Waals surface area contributed by atoms with Crippen molar-refractivity contribution in [2.24, 2.45) is 0 Å². The summed E-state index contributed by atoms with van der Waals surface area (Å²) >= 11 is 1.33. The Balaban J connectivity index is 1.98. The molecule has 2 aromatic rings. The molecule has 1 aromatic heterocycles. The van der Waals surface area contributed by atoms with Gasteiger partial charge in [-0.2, -0.15) is 0 Å². The van der Waals surface area contributed by atoms with Crippen molar-refractivity contribution in [2.45, 2.75) is 32.6 Å². The number of nitrogens with one attached hydrogen (secondary N) is 1. The molecule has 5 nitrogen and oxygen atoms in total. The molecule has 0 aliphatic carbocycles. The van der Waals surface area contributed by atoms with Gasteiger partial charge in [-0.05, 0) is 12.0 Å². The number of carbonyl (C=O) groups excluding carboxylic acids is 1.